The number of rotatable bonds is 5. The van der Waals surface area contributed by atoms with Gasteiger partial charge >= 0.3 is 0 Å². The highest BCUT2D eigenvalue weighted by molar-refractivity contribution is 7.14. The number of hydrogen-bond donors (Lipinski definition) is 1. The molecule has 6 heteroatoms. The molecule has 0 atom stereocenters. The van der Waals surface area contributed by atoms with Crippen LogP contribution in [-0.2, 0) is 6.42 Å². The summed E-state index contributed by atoms with van der Waals surface area (Å²) in [5.41, 5.74) is 0.493. The molecule has 0 aromatic carbocycles. The first kappa shape index (κ1) is 13.8. The van der Waals surface area contributed by atoms with Crippen molar-refractivity contribution in [1.29, 1.82) is 0 Å². The lowest BCUT2D eigenvalue weighted by atomic mass is 10.3. The number of aromatic nitrogens is 2. The van der Waals surface area contributed by atoms with Crippen LogP contribution in [0, 0.1) is 0 Å². The first-order valence-corrected chi connectivity index (χ1v) is 6.98. The minimum Gasteiger partial charge on any atom is -0.395 e. The van der Waals surface area contributed by atoms with Crippen molar-refractivity contribution in [3.63, 3.8) is 0 Å². The van der Waals surface area contributed by atoms with Gasteiger partial charge in [-0.1, -0.05) is 6.92 Å². The normalized spacial score (nSPS) is 10.7. The highest BCUT2D eigenvalue weighted by Gasteiger charge is 2.20. The molecular formula is C13H17N3O2S. The van der Waals surface area contributed by atoms with Gasteiger partial charge in [0.1, 0.15) is 5.69 Å². The summed E-state index contributed by atoms with van der Waals surface area (Å²) in [7, 11) is 1.67. The Labute approximate surface area is 116 Å². The molecule has 1 N–H and O–H groups in total. The van der Waals surface area contributed by atoms with Gasteiger partial charge in [0.25, 0.3) is 5.91 Å². The van der Waals surface area contributed by atoms with Gasteiger partial charge in [0.2, 0.25) is 0 Å². The fourth-order valence-electron chi connectivity index (χ4n) is 1.75. The zero-order valence-corrected chi connectivity index (χ0v) is 11.9. The van der Waals surface area contributed by atoms with E-state index in [4.69, 9.17) is 5.11 Å². The number of carbonyl (C=O) groups is 1. The predicted molar refractivity (Wildman–Crippen MR) is 74.9 cm³/mol. The van der Waals surface area contributed by atoms with Crippen LogP contribution in [0.15, 0.2) is 24.5 Å². The summed E-state index contributed by atoms with van der Waals surface area (Å²) in [5.74, 6) is -0.138. The summed E-state index contributed by atoms with van der Waals surface area (Å²) in [6.07, 6.45) is 4.58. The van der Waals surface area contributed by atoms with Gasteiger partial charge < -0.3 is 14.6 Å². The summed E-state index contributed by atoms with van der Waals surface area (Å²) in [4.78, 5) is 19.1. The molecule has 2 rings (SSSR count). The predicted octanol–water partition coefficient (Wildman–Crippen LogP) is 1.56. The van der Waals surface area contributed by atoms with Crippen molar-refractivity contribution in [2.45, 2.75) is 13.3 Å². The molecule has 2 aromatic rings. The van der Waals surface area contributed by atoms with Gasteiger partial charge in [0, 0.05) is 30.9 Å². The van der Waals surface area contributed by atoms with Gasteiger partial charge in [-0.25, -0.2) is 4.98 Å². The minimum absolute atomic E-state index is 0.0434. The van der Waals surface area contributed by atoms with Crippen LogP contribution >= 0.6 is 11.3 Å². The Morgan fingerprint density at radius 3 is 2.74 bits per heavy atom. The van der Waals surface area contributed by atoms with Gasteiger partial charge in [-0.2, -0.15) is 0 Å². The second kappa shape index (κ2) is 5.99. The fourth-order valence-corrected chi connectivity index (χ4v) is 2.71. The molecule has 0 bridgehead atoms. The van der Waals surface area contributed by atoms with E-state index in [9.17, 15) is 4.79 Å². The third-order valence-corrected chi connectivity index (χ3v) is 4.03. The maximum absolute atomic E-state index is 12.2. The Hall–Kier alpha value is -1.66. The van der Waals surface area contributed by atoms with Crippen molar-refractivity contribution in [2.24, 2.45) is 0 Å². The Morgan fingerprint density at radius 1 is 1.47 bits per heavy atom. The van der Waals surface area contributed by atoms with Crippen LogP contribution in [-0.4, -0.2) is 45.7 Å². The first-order chi connectivity index (χ1) is 9.17. The van der Waals surface area contributed by atoms with E-state index in [-0.39, 0.29) is 12.5 Å². The molecule has 0 saturated carbocycles. The molecule has 0 aliphatic rings. The largest absolute Gasteiger partial charge is 0.395 e. The number of hydrogen-bond acceptors (Lipinski definition) is 4. The molecule has 0 aliphatic heterocycles. The maximum Gasteiger partial charge on any atom is 0.273 e. The van der Waals surface area contributed by atoms with Crippen LogP contribution < -0.4 is 0 Å². The molecule has 2 heterocycles. The standard InChI is InChI=1S/C13H17N3O2S/c1-3-10-11(12(18)15(2)8-9-17)14-13(19-10)16-6-4-5-7-16/h4-7,17H,3,8-9H2,1-2H3. The zero-order chi connectivity index (χ0) is 13.8. The van der Waals surface area contributed by atoms with E-state index in [1.54, 1.807) is 7.05 Å². The second-order valence-corrected chi connectivity index (χ2v) is 5.22. The molecule has 0 saturated heterocycles. The summed E-state index contributed by atoms with van der Waals surface area (Å²) in [5, 5.41) is 9.69. The lowest BCUT2D eigenvalue weighted by molar-refractivity contribution is 0.0761. The van der Waals surface area contributed by atoms with E-state index in [1.165, 1.54) is 16.2 Å². The van der Waals surface area contributed by atoms with Gasteiger partial charge in [-0.15, -0.1) is 11.3 Å². The number of carbonyl (C=O) groups excluding carboxylic acids is 1. The van der Waals surface area contributed by atoms with Crippen LogP contribution in [0.5, 0.6) is 0 Å². The van der Waals surface area contributed by atoms with E-state index in [0.29, 0.717) is 12.2 Å². The topological polar surface area (TPSA) is 58.4 Å². The number of nitrogens with zero attached hydrogens (tertiary/aromatic N) is 3. The Morgan fingerprint density at radius 2 is 2.16 bits per heavy atom. The van der Waals surface area contributed by atoms with Crippen molar-refractivity contribution in [1.82, 2.24) is 14.5 Å². The molecular weight excluding hydrogens is 262 g/mol. The minimum atomic E-state index is -0.138. The lowest BCUT2D eigenvalue weighted by Crippen LogP contribution is -2.30. The number of amides is 1. The highest BCUT2D eigenvalue weighted by atomic mass is 32.1. The van der Waals surface area contributed by atoms with Gasteiger partial charge in [-0.3, -0.25) is 4.79 Å². The third kappa shape index (κ3) is 2.85. The van der Waals surface area contributed by atoms with E-state index >= 15 is 0 Å². The number of likely N-dealkylation sites (N-methyl/N-ethyl adjacent to an activating group) is 1. The van der Waals surface area contributed by atoms with Crippen LogP contribution in [0.1, 0.15) is 22.3 Å². The smallest absolute Gasteiger partial charge is 0.273 e. The van der Waals surface area contributed by atoms with Crippen LogP contribution in [0.25, 0.3) is 5.13 Å². The van der Waals surface area contributed by atoms with Gasteiger partial charge in [0.15, 0.2) is 5.13 Å². The van der Waals surface area contributed by atoms with Gasteiger partial charge in [-0.05, 0) is 18.6 Å². The number of thiazole rings is 1. The molecule has 19 heavy (non-hydrogen) atoms. The number of aryl methyl sites for hydroxylation is 1. The fraction of sp³-hybridized carbons (Fsp3) is 0.385. The molecule has 0 unspecified atom stereocenters. The molecule has 0 fully saturated rings. The third-order valence-electron chi connectivity index (χ3n) is 2.82. The molecule has 0 radical (unpaired) electrons. The SMILES string of the molecule is CCc1sc(-n2cccc2)nc1C(=O)N(C)CCO. The average molecular weight is 279 g/mol. The summed E-state index contributed by atoms with van der Waals surface area (Å²) in [6, 6.07) is 3.85. The molecule has 1 amide bonds. The first-order valence-electron chi connectivity index (χ1n) is 6.16. The highest BCUT2D eigenvalue weighted by Crippen LogP contribution is 2.23. The summed E-state index contributed by atoms with van der Waals surface area (Å²) >= 11 is 1.52. The molecule has 0 aliphatic carbocycles. The van der Waals surface area contributed by atoms with E-state index in [1.807, 2.05) is 36.0 Å². The van der Waals surface area contributed by atoms with Crippen LogP contribution in [0.4, 0.5) is 0 Å². The molecule has 5 nitrogen and oxygen atoms in total. The number of aliphatic hydroxyl groups is 1. The maximum atomic E-state index is 12.2. The van der Waals surface area contributed by atoms with E-state index in [0.717, 1.165) is 16.4 Å². The zero-order valence-electron chi connectivity index (χ0n) is 11.0. The quantitative estimate of drug-likeness (QED) is 0.903. The van der Waals surface area contributed by atoms with Crippen LogP contribution in [0.3, 0.4) is 0 Å². The van der Waals surface area contributed by atoms with Crippen LogP contribution in [0.2, 0.25) is 0 Å². The summed E-state index contributed by atoms with van der Waals surface area (Å²) in [6.45, 7) is 2.28. The van der Waals surface area contributed by atoms with Crippen molar-refractivity contribution in [2.75, 3.05) is 20.2 Å². The number of aliphatic hydroxyl groups excluding tert-OH is 1. The lowest BCUT2D eigenvalue weighted by Gasteiger charge is -2.14. The molecule has 102 valence electrons. The molecule has 2 aromatic heterocycles. The monoisotopic (exact) mass is 279 g/mol. The van der Waals surface area contributed by atoms with E-state index in [2.05, 4.69) is 4.98 Å². The van der Waals surface area contributed by atoms with Gasteiger partial charge in [0.05, 0.1) is 6.61 Å². The average Bonchev–Trinajstić information content (AvgIpc) is 3.06. The van der Waals surface area contributed by atoms with Crippen molar-refractivity contribution >= 4 is 17.2 Å². The van der Waals surface area contributed by atoms with Crippen molar-refractivity contribution in [3.8, 4) is 5.13 Å². The van der Waals surface area contributed by atoms with E-state index < -0.39 is 0 Å². The van der Waals surface area contributed by atoms with Crippen molar-refractivity contribution < 1.29 is 9.90 Å². The Bertz CT molecular complexity index is 548. The summed E-state index contributed by atoms with van der Waals surface area (Å²) < 4.78 is 1.90. The Balaban J connectivity index is 2.32. The van der Waals surface area contributed by atoms with Crippen molar-refractivity contribution in [3.05, 3.63) is 35.1 Å². The molecule has 0 spiro atoms. The Kier molecular flexibility index (Phi) is 4.34. The second-order valence-electron chi connectivity index (χ2n) is 4.16.